The number of hydrogen-bond donors (Lipinski definition) is 0. The van der Waals surface area contributed by atoms with Crippen molar-refractivity contribution in [3.05, 3.63) is 0 Å². The molecule has 2 heteroatoms. The minimum Gasteiger partial charge on any atom is -0.0718 e. The highest BCUT2D eigenvalue weighted by molar-refractivity contribution is 7.28. The van der Waals surface area contributed by atoms with Crippen LogP contribution in [0.2, 0.25) is 25.2 Å². The summed E-state index contributed by atoms with van der Waals surface area (Å²) in [7, 11) is 0.260. The number of hydrogen-bond acceptors (Lipinski definition) is 0. The molecule has 0 atom stereocenters. The van der Waals surface area contributed by atoms with Gasteiger partial charge in [-0.05, 0) is 0 Å². The highest BCUT2D eigenvalue weighted by atomic mass is 29.2. The molecule has 0 radical (unpaired) electrons. The Bertz CT molecular complexity index is 52.6. The Morgan fingerprint density at radius 2 is 1.83 bits per heavy atom. The Labute approximate surface area is 42.6 Å². The highest BCUT2D eigenvalue weighted by Crippen LogP contribution is 2.22. The maximum absolute atomic E-state index is 2.53. The number of rotatable bonds is 0. The Balaban J connectivity index is 2.31. The van der Waals surface area contributed by atoms with E-state index in [4.69, 9.17) is 0 Å². The van der Waals surface area contributed by atoms with Gasteiger partial charge in [0, 0.05) is 16.6 Å². The lowest BCUT2D eigenvalue weighted by Gasteiger charge is -2.30. The van der Waals surface area contributed by atoms with Gasteiger partial charge in [-0.15, -0.1) is 0 Å². The molecule has 0 amide bonds. The van der Waals surface area contributed by atoms with E-state index in [-0.39, 0.29) is 7.59 Å². The van der Waals surface area contributed by atoms with Crippen molar-refractivity contribution in [1.82, 2.24) is 0 Å². The average molecular weight is 116 g/mol. The van der Waals surface area contributed by atoms with Crippen LogP contribution < -0.4 is 0 Å². The van der Waals surface area contributed by atoms with Crippen molar-refractivity contribution in [1.29, 1.82) is 0 Å². The average Bonchev–Trinajstić information content (AvgIpc) is 1.32. The van der Waals surface area contributed by atoms with Gasteiger partial charge in [-0.1, -0.05) is 25.2 Å². The van der Waals surface area contributed by atoms with E-state index in [1.54, 1.807) is 12.1 Å². The Morgan fingerprint density at radius 1 is 1.50 bits per heavy atom. The van der Waals surface area contributed by atoms with E-state index in [2.05, 4.69) is 13.1 Å². The van der Waals surface area contributed by atoms with E-state index >= 15 is 0 Å². The Hall–Kier alpha value is 0.434. The molecule has 0 aromatic carbocycles. The first-order valence-electron chi connectivity index (χ1n) is 2.71. The van der Waals surface area contributed by atoms with Gasteiger partial charge in [0.05, 0.1) is 0 Å². The van der Waals surface area contributed by atoms with Crippen molar-refractivity contribution >= 4 is 16.6 Å². The Kier molecular flexibility index (Phi) is 0.918. The van der Waals surface area contributed by atoms with Crippen molar-refractivity contribution in [2.45, 2.75) is 25.2 Å². The summed E-state index contributed by atoms with van der Waals surface area (Å²) < 4.78 is 0. The lowest BCUT2D eigenvalue weighted by atomic mass is 10.9. The van der Waals surface area contributed by atoms with Crippen LogP contribution in [-0.4, -0.2) is 16.6 Å². The van der Waals surface area contributed by atoms with E-state index in [0.717, 1.165) is 0 Å². The molecule has 0 spiro atoms. The van der Waals surface area contributed by atoms with Gasteiger partial charge in [0.2, 0.25) is 0 Å². The third-order valence-electron chi connectivity index (χ3n) is 1.71. The second-order valence-electron chi connectivity index (χ2n) is 3.02. The lowest BCUT2D eigenvalue weighted by Crippen LogP contribution is -2.43. The summed E-state index contributed by atoms with van der Waals surface area (Å²) in [5.41, 5.74) is 0. The standard InChI is InChI=1S/C4H12Si2/c1-6(2)4-3-5-6/h3-5H2,1-2H3. The summed E-state index contributed by atoms with van der Waals surface area (Å²) in [6, 6.07) is 3.32. The van der Waals surface area contributed by atoms with Crippen LogP contribution in [0.1, 0.15) is 0 Å². The lowest BCUT2D eigenvalue weighted by molar-refractivity contribution is 1.31. The van der Waals surface area contributed by atoms with E-state index < -0.39 is 0 Å². The second-order valence-corrected chi connectivity index (χ2v) is 16.3. The van der Waals surface area contributed by atoms with Crippen molar-refractivity contribution in [2.75, 3.05) is 0 Å². The second kappa shape index (κ2) is 1.20. The molecule has 0 bridgehead atoms. The molecule has 36 valence electrons. The van der Waals surface area contributed by atoms with E-state index in [1.807, 2.05) is 0 Å². The molecule has 0 aromatic heterocycles. The molecule has 1 aliphatic heterocycles. The third kappa shape index (κ3) is 0.735. The molecule has 0 N–H and O–H groups in total. The predicted octanol–water partition coefficient (Wildman–Crippen LogP) is 0.792. The monoisotopic (exact) mass is 116 g/mol. The molecule has 0 aromatic rings. The molecule has 0 saturated carbocycles. The SMILES string of the molecule is C[Si]1(C)CC[SiH2]1. The molecule has 1 rings (SSSR count). The van der Waals surface area contributed by atoms with Gasteiger partial charge < -0.3 is 0 Å². The fourth-order valence-electron chi connectivity index (χ4n) is 0.884. The van der Waals surface area contributed by atoms with Crippen molar-refractivity contribution < 1.29 is 0 Å². The first-order chi connectivity index (χ1) is 2.71. The van der Waals surface area contributed by atoms with Crippen molar-refractivity contribution in [3.8, 4) is 0 Å². The normalized spacial score (nSPS) is 33.0. The van der Waals surface area contributed by atoms with Gasteiger partial charge in [0.1, 0.15) is 0 Å². The van der Waals surface area contributed by atoms with E-state index in [0.29, 0.717) is 9.04 Å². The fraction of sp³-hybridized carbons (Fsp3) is 1.00. The molecular formula is C4H12Si2. The molecule has 0 nitrogen and oxygen atoms in total. The maximum atomic E-state index is 2.53. The van der Waals surface area contributed by atoms with Gasteiger partial charge >= 0.3 is 0 Å². The van der Waals surface area contributed by atoms with Crippen LogP contribution in [0.25, 0.3) is 0 Å². The molecule has 0 unspecified atom stereocenters. The van der Waals surface area contributed by atoms with Crippen molar-refractivity contribution in [3.63, 3.8) is 0 Å². The molecule has 1 aliphatic rings. The Morgan fingerprint density at radius 3 is 1.83 bits per heavy atom. The van der Waals surface area contributed by atoms with Crippen LogP contribution in [0, 0.1) is 0 Å². The molecule has 1 heterocycles. The minimum absolute atomic E-state index is 0.312. The smallest absolute Gasteiger partial charge is 0.0337 e. The predicted molar refractivity (Wildman–Crippen MR) is 35.6 cm³/mol. The maximum Gasteiger partial charge on any atom is 0.0337 e. The zero-order chi connectivity index (χ0) is 4.62. The van der Waals surface area contributed by atoms with Gasteiger partial charge in [0.25, 0.3) is 0 Å². The third-order valence-corrected chi connectivity index (χ3v) is 12.4. The van der Waals surface area contributed by atoms with Gasteiger partial charge in [0.15, 0.2) is 0 Å². The summed E-state index contributed by atoms with van der Waals surface area (Å²) in [5, 5.41) is 0. The summed E-state index contributed by atoms with van der Waals surface area (Å²) in [6.07, 6.45) is 0. The summed E-state index contributed by atoms with van der Waals surface area (Å²) in [6.45, 7) is 5.06. The van der Waals surface area contributed by atoms with E-state index in [1.165, 1.54) is 0 Å². The molecule has 1 fully saturated rings. The van der Waals surface area contributed by atoms with Crippen molar-refractivity contribution in [2.24, 2.45) is 0 Å². The molecule has 1 saturated heterocycles. The quantitative estimate of drug-likeness (QED) is 0.411. The summed E-state index contributed by atoms with van der Waals surface area (Å²) in [4.78, 5) is 0. The first-order valence-corrected chi connectivity index (χ1v) is 9.24. The largest absolute Gasteiger partial charge is 0.0718 e. The van der Waals surface area contributed by atoms with Gasteiger partial charge in [-0.2, -0.15) is 0 Å². The summed E-state index contributed by atoms with van der Waals surface area (Å²) in [5.74, 6) is 0. The van der Waals surface area contributed by atoms with Gasteiger partial charge in [-0.25, -0.2) is 0 Å². The zero-order valence-electron chi connectivity index (χ0n) is 4.62. The molecule has 0 aliphatic carbocycles. The fourth-order valence-corrected chi connectivity index (χ4v) is 7.95. The van der Waals surface area contributed by atoms with Crippen LogP contribution in [0.4, 0.5) is 0 Å². The zero-order valence-corrected chi connectivity index (χ0v) is 7.04. The van der Waals surface area contributed by atoms with Crippen LogP contribution in [0.15, 0.2) is 0 Å². The van der Waals surface area contributed by atoms with Gasteiger partial charge in [-0.3, -0.25) is 0 Å². The topological polar surface area (TPSA) is 0 Å². The van der Waals surface area contributed by atoms with E-state index in [9.17, 15) is 0 Å². The van der Waals surface area contributed by atoms with Crippen LogP contribution >= 0.6 is 0 Å². The van der Waals surface area contributed by atoms with Crippen LogP contribution in [-0.2, 0) is 0 Å². The van der Waals surface area contributed by atoms with Crippen LogP contribution in [0.3, 0.4) is 0 Å². The minimum atomic E-state index is -0.312. The van der Waals surface area contributed by atoms with Crippen LogP contribution in [0.5, 0.6) is 0 Å². The summed E-state index contributed by atoms with van der Waals surface area (Å²) >= 11 is 0. The first kappa shape index (κ1) is 4.59. The highest BCUT2D eigenvalue weighted by Gasteiger charge is 2.28. The molecular weight excluding hydrogens is 104 g/mol. The molecule has 6 heavy (non-hydrogen) atoms.